The highest BCUT2D eigenvalue weighted by Crippen LogP contribution is 2.58. The van der Waals surface area contributed by atoms with E-state index in [4.69, 9.17) is 0 Å². The van der Waals surface area contributed by atoms with Crippen LogP contribution in [-0.2, 0) is 0 Å². The Bertz CT molecular complexity index is 136. The van der Waals surface area contributed by atoms with Crippen LogP contribution in [0.25, 0.3) is 0 Å². The van der Waals surface area contributed by atoms with Crippen molar-refractivity contribution in [3.8, 4) is 0 Å². The molecule has 17 heavy (non-hydrogen) atoms. The summed E-state index contributed by atoms with van der Waals surface area (Å²) in [4.78, 5) is 0. The van der Waals surface area contributed by atoms with Crippen LogP contribution in [0.3, 0.4) is 0 Å². The molecular formula is C15H34IP. The van der Waals surface area contributed by atoms with Crippen molar-refractivity contribution >= 4 is 7.26 Å². The molecule has 0 N–H and O–H groups in total. The van der Waals surface area contributed by atoms with Gasteiger partial charge in [-0.25, -0.2) is 0 Å². The number of rotatable bonds is 11. The summed E-state index contributed by atoms with van der Waals surface area (Å²) >= 11 is 0. The highest BCUT2D eigenvalue weighted by Gasteiger charge is 2.29. The lowest BCUT2D eigenvalue weighted by Crippen LogP contribution is -3.00. The van der Waals surface area contributed by atoms with Gasteiger partial charge >= 0.3 is 0 Å². The molecule has 0 saturated carbocycles. The van der Waals surface area contributed by atoms with Gasteiger partial charge in [-0.1, -0.05) is 39.0 Å². The minimum atomic E-state index is -0.500. The average Bonchev–Trinajstić information content (AvgIpc) is 2.34. The van der Waals surface area contributed by atoms with Crippen molar-refractivity contribution in [2.24, 2.45) is 0 Å². The number of halogens is 1. The van der Waals surface area contributed by atoms with Crippen LogP contribution in [-0.4, -0.2) is 24.6 Å². The topological polar surface area (TPSA) is 0 Å². The van der Waals surface area contributed by atoms with Crippen LogP contribution in [0, 0.1) is 0 Å². The minimum Gasteiger partial charge on any atom is -1.00 e. The summed E-state index contributed by atoms with van der Waals surface area (Å²) in [5.41, 5.74) is 0. The van der Waals surface area contributed by atoms with Crippen molar-refractivity contribution in [3.05, 3.63) is 0 Å². The molecule has 0 aliphatic rings. The van der Waals surface area contributed by atoms with E-state index in [0.717, 1.165) is 0 Å². The molecule has 0 aromatic carbocycles. The van der Waals surface area contributed by atoms with E-state index in [0.29, 0.717) is 0 Å². The van der Waals surface area contributed by atoms with Crippen LogP contribution in [0.5, 0.6) is 0 Å². The van der Waals surface area contributed by atoms with E-state index in [2.05, 4.69) is 27.7 Å². The second-order valence-corrected chi connectivity index (χ2v) is 10.2. The summed E-state index contributed by atoms with van der Waals surface area (Å²) in [6.07, 6.45) is 16.3. The summed E-state index contributed by atoms with van der Waals surface area (Å²) in [5.74, 6) is 0. The number of hydrogen-bond acceptors (Lipinski definition) is 0. The van der Waals surface area contributed by atoms with Gasteiger partial charge in [0.25, 0.3) is 0 Å². The summed E-state index contributed by atoms with van der Waals surface area (Å²) in [5, 5.41) is 0. The summed E-state index contributed by atoms with van der Waals surface area (Å²) in [7, 11) is -0.500. The lowest BCUT2D eigenvalue weighted by molar-refractivity contribution is -0.00000377. The highest BCUT2D eigenvalue weighted by molar-refractivity contribution is 7.75. The minimum absolute atomic E-state index is 0. The van der Waals surface area contributed by atoms with E-state index in [-0.39, 0.29) is 24.0 Å². The second-order valence-electron chi connectivity index (χ2n) is 5.14. The van der Waals surface area contributed by atoms with Crippen LogP contribution in [0.2, 0.25) is 0 Å². The van der Waals surface area contributed by atoms with Gasteiger partial charge in [0.05, 0.1) is 24.6 Å². The summed E-state index contributed by atoms with van der Waals surface area (Å²) in [6.45, 7) is 9.55. The molecule has 0 aliphatic carbocycles. The molecule has 0 atom stereocenters. The second kappa shape index (κ2) is 13.6. The van der Waals surface area contributed by atoms with Gasteiger partial charge in [-0.05, 0) is 33.6 Å². The Kier molecular flexibility index (Phi) is 16.4. The molecule has 0 rings (SSSR count). The van der Waals surface area contributed by atoms with Crippen molar-refractivity contribution in [2.45, 2.75) is 72.6 Å². The molecule has 0 saturated heterocycles. The van der Waals surface area contributed by atoms with Crippen molar-refractivity contribution in [1.29, 1.82) is 0 Å². The van der Waals surface area contributed by atoms with Crippen LogP contribution < -0.4 is 24.0 Å². The van der Waals surface area contributed by atoms with E-state index < -0.39 is 7.26 Å². The fourth-order valence-corrected chi connectivity index (χ4v) is 5.73. The Morgan fingerprint density at radius 3 is 1.41 bits per heavy atom. The Hall–Kier alpha value is 1.16. The molecule has 0 aromatic heterocycles. The number of unbranched alkanes of at least 4 members (excludes halogenated alkanes) is 6. The van der Waals surface area contributed by atoms with Crippen molar-refractivity contribution < 1.29 is 24.0 Å². The average molecular weight is 372 g/mol. The zero-order valence-corrected chi connectivity index (χ0v) is 15.7. The molecular weight excluding hydrogens is 338 g/mol. The first kappa shape index (κ1) is 20.5. The number of hydrogen-bond donors (Lipinski definition) is 0. The molecule has 0 amide bonds. The van der Waals surface area contributed by atoms with Crippen molar-refractivity contribution in [3.63, 3.8) is 0 Å². The molecule has 0 radical (unpaired) electrons. The molecule has 0 spiro atoms. The van der Waals surface area contributed by atoms with Gasteiger partial charge in [-0.2, -0.15) is 0 Å². The predicted molar refractivity (Wildman–Crippen MR) is 81.4 cm³/mol. The Labute approximate surface area is 128 Å². The van der Waals surface area contributed by atoms with E-state index in [1.807, 2.05) is 0 Å². The first-order valence-corrected chi connectivity index (χ1v) is 10.1. The first-order valence-electron chi connectivity index (χ1n) is 7.59. The van der Waals surface area contributed by atoms with Gasteiger partial charge in [0.2, 0.25) is 0 Å². The van der Waals surface area contributed by atoms with Gasteiger partial charge in [0.1, 0.15) is 0 Å². The van der Waals surface area contributed by atoms with E-state index in [1.165, 1.54) is 63.4 Å². The van der Waals surface area contributed by atoms with E-state index in [9.17, 15) is 0 Å². The summed E-state index contributed by atoms with van der Waals surface area (Å²) < 4.78 is 0. The van der Waals surface area contributed by atoms with E-state index >= 15 is 0 Å². The van der Waals surface area contributed by atoms with Gasteiger partial charge in [0, 0.05) is 7.26 Å². The molecule has 106 valence electrons. The normalized spacial score (nSPS) is 11.3. The molecule has 0 bridgehead atoms. The van der Waals surface area contributed by atoms with Crippen molar-refractivity contribution in [1.82, 2.24) is 0 Å². The summed E-state index contributed by atoms with van der Waals surface area (Å²) in [6, 6.07) is 0. The van der Waals surface area contributed by atoms with Gasteiger partial charge in [-0.3, -0.25) is 0 Å². The quantitative estimate of drug-likeness (QED) is 0.297. The predicted octanol–water partition coefficient (Wildman–Crippen LogP) is 2.82. The zero-order valence-electron chi connectivity index (χ0n) is 12.6. The SMILES string of the molecule is CCCCCCCCC[P+](CC)(CC)CC.[I-]. The lowest BCUT2D eigenvalue weighted by Gasteiger charge is -2.23. The van der Waals surface area contributed by atoms with Crippen molar-refractivity contribution in [2.75, 3.05) is 24.6 Å². The van der Waals surface area contributed by atoms with E-state index in [1.54, 1.807) is 6.16 Å². The third kappa shape index (κ3) is 9.70. The molecule has 0 nitrogen and oxygen atoms in total. The van der Waals surface area contributed by atoms with Gasteiger partial charge in [0.15, 0.2) is 0 Å². The lowest BCUT2D eigenvalue weighted by atomic mass is 10.1. The van der Waals surface area contributed by atoms with Crippen LogP contribution in [0.1, 0.15) is 72.6 Å². The van der Waals surface area contributed by atoms with Crippen LogP contribution in [0.4, 0.5) is 0 Å². The molecule has 0 heterocycles. The molecule has 0 unspecified atom stereocenters. The van der Waals surface area contributed by atoms with Crippen LogP contribution >= 0.6 is 7.26 Å². The largest absolute Gasteiger partial charge is 1.00 e. The third-order valence-corrected chi connectivity index (χ3v) is 9.54. The van der Waals surface area contributed by atoms with Gasteiger partial charge < -0.3 is 24.0 Å². The third-order valence-electron chi connectivity index (χ3n) is 4.25. The van der Waals surface area contributed by atoms with Crippen LogP contribution in [0.15, 0.2) is 0 Å². The Morgan fingerprint density at radius 1 is 0.588 bits per heavy atom. The fraction of sp³-hybridized carbons (Fsp3) is 1.00. The molecule has 2 heteroatoms. The Morgan fingerprint density at radius 2 is 1.00 bits per heavy atom. The fourth-order valence-electron chi connectivity index (χ4n) is 2.55. The molecule has 0 aromatic rings. The monoisotopic (exact) mass is 372 g/mol. The smallest absolute Gasteiger partial charge is 0.0594 e. The highest BCUT2D eigenvalue weighted by atomic mass is 127. The Balaban J connectivity index is 0. The standard InChI is InChI=1S/C15H34P.HI/c1-5-9-10-11-12-13-14-15-16(6-2,7-3)8-4;/h5-15H2,1-4H3;1H/q+1;/p-1. The maximum Gasteiger partial charge on any atom is 0.0594 e. The molecule has 0 aliphatic heterocycles. The van der Waals surface area contributed by atoms with Gasteiger partial charge in [-0.15, -0.1) is 0 Å². The zero-order chi connectivity index (χ0) is 12.3. The molecule has 0 fully saturated rings. The maximum atomic E-state index is 2.42. The maximum absolute atomic E-state index is 2.42. The first-order chi connectivity index (χ1) is 7.74.